The molecule has 142 valence electrons. The van der Waals surface area contributed by atoms with Gasteiger partial charge in [-0.15, -0.1) is 0 Å². The summed E-state index contributed by atoms with van der Waals surface area (Å²) in [5.41, 5.74) is 1.08. The van der Waals surface area contributed by atoms with E-state index in [4.69, 9.17) is 14.2 Å². The van der Waals surface area contributed by atoms with E-state index in [0.717, 1.165) is 5.52 Å². The van der Waals surface area contributed by atoms with E-state index < -0.39 is 5.91 Å². The molecule has 1 heterocycles. The molecule has 8 heteroatoms. The lowest BCUT2D eigenvalue weighted by atomic mass is 10.2. The first-order chi connectivity index (χ1) is 13.1. The van der Waals surface area contributed by atoms with Gasteiger partial charge >= 0.3 is 0 Å². The molecule has 3 rings (SSSR count). The van der Waals surface area contributed by atoms with Crippen LogP contribution in [-0.2, 0) is 11.3 Å². The van der Waals surface area contributed by atoms with Crippen molar-refractivity contribution in [2.45, 2.75) is 6.54 Å². The van der Waals surface area contributed by atoms with E-state index in [0.29, 0.717) is 39.7 Å². The van der Waals surface area contributed by atoms with Gasteiger partial charge in [0.15, 0.2) is 16.3 Å². The molecule has 2 aromatic carbocycles. The van der Waals surface area contributed by atoms with Gasteiger partial charge in [-0.2, -0.15) is 4.99 Å². The largest absolute Gasteiger partial charge is 0.493 e. The van der Waals surface area contributed by atoms with Crippen molar-refractivity contribution in [3.63, 3.8) is 0 Å². The van der Waals surface area contributed by atoms with Crippen LogP contribution in [-0.4, -0.2) is 38.4 Å². The Morgan fingerprint density at radius 3 is 2.70 bits per heavy atom. The topological polar surface area (TPSA) is 62.1 Å². The second kappa shape index (κ2) is 8.32. The molecule has 0 fully saturated rings. The fourth-order valence-electron chi connectivity index (χ4n) is 2.73. The lowest BCUT2D eigenvalue weighted by molar-refractivity contribution is 0.0993. The van der Waals surface area contributed by atoms with Crippen molar-refractivity contribution < 1.29 is 23.4 Å². The molecule has 27 heavy (non-hydrogen) atoms. The first-order valence-electron chi connectivity index (χ1n) is 8.17. The maximum atomic E-state index is 13.6. The Labute approximate surface area is 159 Å². The van der Waals surface area contributed by atoms with Crippen molar-refractivity contribution in [1.29, 1.82) is 0 Å². The lowest BCUT2D eigenvalue weighted by Crippen LogP contribution is -2.19. The normalized spacial score (nSPS) is 11.8. The minimum Gasteiger partial charge on any atom is -0.493 e. The van der Waals surface area contributed by atoms with Gasteiger partial charge in [-0.3, -0.25) is 4.79 Å². The molecule has 0 atom stereocenters. The second-order valence-electron chi connectivity index (χ2n) is 5.60. The number of carbonyl (C=O) groups is 1. The van der Waals surface area contributed by atoms with Gasteiger partial charge in [0, 0.05) is 13.7 Å². The predicted molar refractivity (Wildman–Crippen MR) is 101 cm³/mol. The molecular weight excluding hydrogens is 371 g/mol. The van der Waals surface area contributed by atoms with Crippen LogP contribution in [0.1, 0.15) is 10.4 Å². The molecule has 0 aliphatic heterocycles. The molecular formula is C19H19FN2O4S. The first kappa shape index (κ1) is 19.1. The maximum absolute atomic E-state index is 13.6. The Kier molecular flexibility index (Phi) is 5.88. The van der Waals surface area contributed by atoms with E-state index in [2.05, 4.69) is 4.99 Å². The summed E-state index contributed by atoms with van der Waals surface area (Å²) in [4.78, 5) is 17.5. The number of amides is 1. The highest BCUT2D eigenvalue weighted by atomic mass is 32.1. The Balaban J connectivity index is 2.14. The van der Waals surface area contributed by atoms with E-state index in [9.17, 15) is 9.18 Å². The summed E-state index contributed by atoms with van der Waals surface area (Å²) in [6.07, 6.45) is 0. The van der Waals surface area contributed by atoms with Gasteiger partial charge in [0.1, 0.15) is 5.82 Å². The summed E-state index contributed by atoms with van der Waals surface area (Å²) in [5.74, 6) is -0.0347. The number of ether oxygens (including phenoxy) is 3. The summed E-state index contributed by atoms with van der Waals surface area (Å²) >= 11 is 1.24. The summed E-state index contributed by atoms with van der Waals surface area (Å²) in [5, 5.41) is 0. The molecule has 0 N–H and O–H groups in total. The number of para-hydroxylation sites is 1. The highest BCUT2D eigenvalue weighted by Crippen LogP contribution is 2.31. The third kappa shape index (κ3) is 3.86. The van der Waals surface area contributed by atoms with Crippen molar-refractivity contribution in [3.8, 4) is 11.5 Å². The second-order valence-corrected chi connectivity index (χ2v) is 6.61. The van der Waals surface area contributed by atoms with Gasteiger partial charge in [0.05, 0.1) is 36.6 Å². The Bertz CT molecular complexity index is 1040. The van der Waals surface area contributed by atoms with Gasteiger partial charge in [0.25, 0.3) is 5.91 Å². The number of hydrogen-bond acceptors (Lipinski definition) is 5. The van der Waals surface area contributed by atoms with Gasteiger partial charge < -0.3 is 18.8 Å². The highest BCUT2D eigenvalue weighted by molar-refractivity contribution is 7.16. The Hall–Kier alpha value is -2.71. The predicted octanol–water partition coefficient (Wildman–Crippen LogP) is 3.25. The van der Waals surface area contributed by atoms with Gasteiger partial charge in [0.2, 0.25) is 0 Å². The number of methoxy groups -OCH3 is 3. The number of benzene rings is 2. The minimum atomic E-state index is -0.469. The summed E-state index contributed by atoms with van der Waals surface area (Å²) in [7, 11) is 4.57. The van der Waals surface area contributed by atoms with Crippen LogP contribution in [0.2, 0.25) is 0 Å². The molecule has 0 saturated heterocycles. The van der Waals surface area contributed by atoms with Crippen LogP contribution in [0.4, 0.5) is 4.39 Å². The maximum Gasteiger partial charge on any atom is 0.283 e. The number of fused-ring (bicyclic) bond motifs is 1. The SMILES string of the molecule is COCCn1c(=NC(=O)c2cccc(OC)c2OC)sc2cc(F)ccc21. The molecule has 3 aromatic rings. The minimum absolute atomic E-state index is 0.291. The highest BCUT2D eigenvalue weighted by Gasteiger charge is 2.17. The molecule has 0 bridgehead atoms. The fourth-order valence-corrected chi connectivity index (χ4v) is 3.81. The zero-order valence-electron chi connectivity index (χ0n) is 15.2. The van der Waals surface area contributed by atoms with Gasteiger partial charge in [-0.1, -0.05) is 17.4 Å². The van der Waals surface area contributed by atoms with Crippen LogP contribution in [0.3, 0.4) is 0 Å². The van der Waals surface area contributed by atoms with E-state index in [1.807, 2.05) is 4.57 Å². The molecule has 0 unspecified atom stereocenters. The van der Waals surface area contributed by atoms with E-state index >= 15 is 0 Å². The molecule has 6 nitrogen and oxygen atoms in total. The van der Waals surface area contributed by atoms with Crippen molar-refractivity contribution in [3.05, 3.63) is 52.6 Å². The van der Waals surface area contributed by atoms with E-state index in [1.165, 1.54) is 37.7 Å². The number of nitrogens with zero attached hydrogens (tertiary/aromatic N) is 2. The number of aromatic nitrogens is 1. The van der Waals surface area contributed by atoms with Crippen molar-refractivity contribution >= 4 is 27.5 Å². The quantitative estimate of drug-likeness (QED) is 0.648. The lowest BCUT2D eigenvalue weighted by Gasteiger charge is -2.10. The Morgan fingerprint density at radius 2 is 2.00 bits per heavy atom. The monoisotopic (exact) mass is 390 g/mol. The van der Waals surface area contributed by atoms with Crippen molar-refractivity contribution in [2.24, 2.45) is 4.99 Å². The third-order valence-corrected chi connectivity index (χ3v) is 5.04. The summed E-state index contributed by atoms with van der Waals surface area (Å²) in [6.45, 7) is 0.927. The number of hydrogen-bond donors (Lipinski definition) is 0. The zero-order chi connectivity index (χ0) is 19.4. The summed E-state index contributed by atoms with van der Waals surface area (Å²) < 4.78 is 31.8. The molecule has 1 amide bonds. The molecule has 0 spiro atoms. The van der Waals surface area contributed by atoms with Crippen LogP contribution in [0.25, 0.3) is 10.2 Å². The van der Waals surface area contributed by atoms with Crippen molar-refractivity contribution in [1.82, 2.24) is 4.57 Å². The summed E-state index contributed by atoms with van der Waals surface area (Å²) in [6, 6.07) is 9.51. The first-order valence-corrected chi connectivity index (χ1v) is 8.98. The van der Waals surface area contributed by atoms with Crippen molar-refractivity contribution in [2.75, 3.05) is 27.9 Å². The van der Waals surface area contributed by atoms with Crippen LogP contribution < -0.4 is 14.3 Å². The molecule has 0 radical (unpaired) electrons. The molecule has 1 aromatic heterocycles. The number of rotatable bonds is 6. The average Bonchev–Trinajstić information content (AvgIpc) is 3.01. The molecule has 0 aliphatic carbocycles. The average molecular weight is 390 g/mol. The van der Waals surface area contributed by atoms with E-state index in [1.54, 1.807) is 31.4 Å². The number of halogens is 1. The fraction of sp³-hybridized carbons (Fsp3) is 0.263. The zero-order valence-corrected chi connectivity index (χ0v) is 16.0. The molecule has 0 saturated carbocycles. The number of thiazole rings is 1. The smallest absolute Gasteiger partial charge is 0.283 e. The Morgan fingerprint density at radius 1 is 1.19 bits per heavy atom. The molecule has 0 aliphatic rings. The van der Waals surface area contributed by atoms with Gasteiger partial charge in [-0.25, -0.2) is 4.39 Å². The van der Waals surface area contributed by atoms with E-state index in [-0.39, 0.29) is 5.82 Å². The van der Waals surface area contributed by atoms with Crippen LogP contribution >= 0.6 is 11.3 Å². The van der Waals surface area contributed by atoms with Gasteiger partial charge in [-0.05, 0) is 30.3 Å². The number of carbonyl (C=O) groups excluding carboxylic acids is 1. The van der Waals surface area contributed by atoms with Crippen LogP contribution in [0, 0.1) is 5.82 Å². The standard InChI is InChI=1S/C19H19FN2O4S/c1-24-10-9-22-14-8-7-12(20)11-16(14)27-19(22)21-18(23)13-5-4-6-15(25-2)17(13)26-3/h4-8,11H,9-10H2,1-3H3. The van der Waals surface area contributed by atoms with Crippen LogP contribution in [0.15, 0.2) is 41.4 Å². The van der Waals surface area contributed by atoms with Crippen LogP contribution in [0.5, 0.6) is 11.5 Å². The third-order valence-electron chi connectivity index (χ3n) is 3.99.